The second-order valence-electron chi connectivity index (χ2n) is 4.08. The molecule has 7 heteroatoms. The summed E-state index contributed by atoms with van der Waals surface area (Å²) in [4.78, 5) is 1.47. The Morgan fingerprint density at radius 1 is 1.48 bits per heavy atom. The highest BCUT2D eigenvalue weighted by atomic mass is 32.1. The molecule has 1 N–H and O–H groups in total. The molecule has 0 fully saturated rings. The van der Waals surface area contributed by atoms with E-state index in [4.69, 9.17) is 17.5 Å². The second kappa shape index (κ2) is 7.64. The summed E-state index contributed by atoms with van der Waals surface area (Å²) in [7, 11) is 0. The number of halogens is 3. The van der Waals surface area contributed by atoms with E-state index in [0.29, 0.717) is 12.2 Å². The summed E-state index contributed by atoms with van der Waals surface area (Å²) < 4.78 is 38.3. The third kappa shape index (κ3) is 5.08. The summed E-state index contributed by atoms with van der Waals surface area (Å²) in [5.41, 5.74) is -0.463. The summed E-state index contributed by atoms with van der Waals surface area (Å²) in [6.07, 6.45) is -2.69. The van der Waals surface area contributed by atoms with Crippen LogP contribution >= 0.6 is 12.2 Å². The van der Waals surface area contributed by atoms with E-state index in [0.717, 1.165) is 12.1 Å². The first-order valence-electron chi connectivity index (χ1n) is 6.10. The van der Waals surface area contributed by atoms with Crippen LogP contribution in [0.15, 0.2) is 36.9 Å². The summed E-state index contributed by atoms with van der Waals surface area (Å²) in [5.74, 6) is 0. The fourth-order valence-corrected chi connectivity index (χ4v) is 1.89. The van der Waals surface area contributed by atoms with Crippen molar-refractivity contribution in [3.8, 4) is 6.07 Å². The molecule has 1 aromatic carbocycles. The molecular weight excluding hydrogens is 299 g/mol. The lowest BCUT2D eigenvalue weighted by atomic mass is 10.2. The number of nitriles is 1. The minimum Gasteiger partial charge on any atom is -0.359 e. The van der Waals surface area contributed by atoms with Crippen molar-refractivity contribution in [3.05, 3.63) is 42.5 Å². The maximum atomic E-state index is 12.8. The Kier molecular flexibility index (Phi) is 6.18. The van der Waals surface area contributed by atoms with E-state index in [1.165, 1.54) is 17.0 Å². The summed E-state index contributed by atoms with van der Waals surface area (Å²) in [6.45, 7) is 4.13. The largest absolute Gasteiger partial charge is 0.416 e. The number of anilines is 1. The standard InChI is InChI=1S/C14H14F3N3S/c1-2-8-19-13(21)20(9-4-7-18)12-6-3-5-11(10-12)14(15,16)17/h2-3,5-6,10H,1,4,8-9H2,(H,19,21). The molecule has 1 aromatic rings. The molecule has 0 aromatic heterocycles. The number of alkyl halides is 3. The monoisotopic (exact) mass is 313 g/mol. The molecule has 0 aliphatic carbocycles. The Labute approximate surface area is 126 Å². The van der Waals surface area contributed by atoms with Crippen LogP contribution in [0.3, 0.4) is 0 Å². The molecule has 1 rings (SSSR count). The Morgan fingerprint density at radius 2 is 2.19 bits per heavy atom. The van der Waals surface area contributed by atoms with Crippen molar-refractivity contribution in [1.29, 1.82) is 5.26 Å². The van der Waals surface area contributed by atoms with Crippen molar-refractivity contribution in [2.45, 2.75) is 12.6 Å². The zero-order valence-corrected chi connectivity index (χ0v) is 12.0. The molecule has 3 nitrogen and oxygen atoms in total. The number of nitrogens with one attached hydrogen (secondary N) is 1. The maximum Gasteiger partial charge on any atom is 0.416 e. The van der Waals surface area contributed by atoms with Gasteiger partial charge in [-0.1, -0.05) is 12.1 Å². The van der Waals surface area contributed by atoms with Gasteiger partial charge in [-0.2, -0.15) is 18.4 Å². The zero-order valence-electron chi connectivity index (χ0n) is 11.2. The molecular formula is C14H14F3N3S. The molecule has 0 bridgehead atoms. The molecule has 21 heavy (non-hydrogen) atoms. The molecule has 112 valence electrons. The molecule has 0 aliphatic rings. The Morgan fingerprint density at radius 3 is 2.76 bits per heavy atom. The second-order valence-corrected chi connectivity index (χ2v) is 4.47. The first-order chi connectivity index (χ1) is 9.90. The van der Waals surface area contributed by atoms with E-state index in [1.807, 2.05) is 6.07 Å². The van der Waals surface area contributed by atoms with Crippen molar-refractivity contribution < 1.29 is 13.2 Å². The van der Waals surface area contributed by atoms with Crippen molar-refractivity contribution in [2.75, 3.05) is 18.0 Å². The highest BCUT2D eigenvalue weighted by molar-refractivity contribution is 7.80. The molecule has 0 amide bonds. The van der Waals surface area contributed by atoms with Gasteiger partial charge in [-0.3, -0.25) is 0 Å². The van der Waals surface area contributed by atoms with Crippen LogP contribution in [0.4, 0.5) is 18.9 Å². The molecule has 0 aliphatic heterocycles. The topological polar surface area (TPSA) is 39.1 Å². The van der Waals surface area contributed by atoms with Gasteiger partial charge in [0.25, 0.3) is 0 Å². The van der Waals surface area contributed by atoms with Crippen LogP contribution in [0.1, 0.15) is 12.0 Å². The molecule has 0 spiro atoms. The fraction of sp³-hybridized carbons (Fsp3) is 0.286. The van der Waals surface area contributed by atoms with Gasteiger partial charge in [0.15, 0.2) is 5.11 Å². The SMILES string of the molecule is C=CCNC(=S)N(CCC#N)c1cccc(C(F)(F)F)c1. The van der Waals surface area contributed by atoms with Gasteiger partial charge >= 0.3 is 6.18 Å². The highest BCUT2D eigenvalue weighted by Crippen LogP contribution is 2.31. The number of benzene rings is 1. The third-order valence-corrected chi connectivity index (χ3v) is 2.94. The predicted octanol–water partition coefficient (Wildman–Crippen LogP) is 3.49. The van der Waals surface area contributed by atoms with Gasteiger partial charge in [0.1, 0.15) is 0 Å². The Balaban J connectivity index is 3.05. The van der Waals surface area contributed by atoms with Crippen molar-refractivity contribution in [2.24, 2.45) is 0 Å². The van der Waals surface area contributed by atoms with E-state index in [2.05, 4.69) is 11.9 Å². The normalized spacial score (nSPS) is 10.6. The minimum absolute atomic E-state index is 0.145. The van der Waals surface area contributed by atoms with E-state index in [-0.39, 0.29) is 18.1 Å². The Hall–Kier alpha value is -2.07. The zero-order chi connectivity index (χ0) is 15.9. The van der Waals surface area contributed by atoms with Crippen LogP contribution in [-0.4, -0.2) is 18.2 Å². The summed E-state index contributed by atoms with van der Waals surface area (Å²) in [6, 6.07) is 6.79. The lowest BCUT2D eigenvalue weighted by Gasteiger charge is -2.25. The van der Waals surface area contributed by atoms with Crippen LogP contribution in [0.2, 0.25) is 0 Å². The molecule has 0 saturated carbocycles. The molecule has 0 heterocycles. The van der Waals surface area contributed by atoms with Gasteiger partial charge in [-0.25, -0.2) is 0 Å². The first-order valence-corrected chi connectivity index (χ1v) is 6.51. The van der Waals surface area contributed by atoms with E-state index in [1.54, 1.807) is 6.08 Å². The van der Waals surface area contributed by atoms with Crippen molar-refractivity contribution in [1.82, 2.24) is 5.32 Å². The van der Waals surface area contributed by atoms with Gasteiger partial charge in [-0.05, 0) is 30.4 Å². The van der Waals surface area contributed by atoms with Crippen LogP contribution in [-0.2, 0) is 6.18 Å². The fourth-order valence-electron chi connectivity index (χ4n) is 1.61. The number of hydrogen-bond acceptors (Lipinski definition) is 2. The third-order valence-electron chi connectivity index (χ3n) is 2.58. The minimum atomic E-state index is -4.42. The van der Waals surface area contributed by atoms with Crippen molar-refractivity contribution in [3.63, 3.8) is 0 Å². The number of hydrogen-bond donors (Lipinski definition) is 1. The Bertz CT molecular complexity index is 549. The summed E-state index contributed by atoms with van der Waals surface area (Å²) >= 11 is 5.15. The van der Waals surface area contributed by atoms with Crippen LogP contribution in [0, 0.1) is 11.3 Å². The predicted molar refractivity (Wildman–Crippen MR) is 79.8 cm³/mol. The van der Waals surface area contributed by atoms with E-state index >= 15 is 0 Å². The van der Waals surface area contributed by atoms with Gasteiger partial charge in [0, 0.05) is 18.8 Å². The van der Waals surface area contributed by atoms with Crippen molar-refractivity contribution >= 4 is 23.0 Å². The van der Waals surface area contributed by atoms with E-state index < -0.39 is 11.7 Å². The van der Waals surface area contributed by atoms with Gasteiger partial charge in [0.2, 0.25) is 0 Å². The first kappa shape index (κ1) is 17.0. The average molecular weight is 313 g/mol. The van der Waals surface area contributed by atoms with Gasteiger partial charge in [-0.15, -0.1) is 6.58 Å². The number of rotatable bonds is 5. The quantitative estimate of drug-likeness (QED) is 0.667. The van der Waals surface area contributed by atoms with Crippen LogP contribution in [0.5, 0.6) is 0 Å². The van der Waals surface area contributed by atoms with Crippen LogP contribution in [0.25, 0.3) is 0 Å². The smallest absolute Gasteiger partial charge is 0.359 e. The van der Waals surface area contributed by atoms with Gasteiger partial charge < -0.3 is 10.2 Å². The summed E-state index contributed by atoms with van der Waals surface area (Å²) in [5, 5.41) is 11.8. The lowest BCUT2D eigenvalue weighted by molar-refractivity contribution is -0.137. The lowest BCUT2D eigenvalue weighted by Crippen LogP contribution is -2.40. The molecule has 0 atom stereocenters. The molecule has 0 radical (unpaired) electrons. The highest BCUT2D eigenvalue weighted by Gasteiger charge is 2.31. The van der Waals surface area contributed by atoms with Gasteiger partial charge in [0.05, 0.1) is 18.1 Å². The number of nitrogens with zero attached hydrogens (tertiary/aromatic N) is 2. The van der Waals surface area contributed by atoms with E-state index in [9.17, 15) is 13.2 Å². The maximum absolute atomic E-state index is 12.8. The molecule has 0 unspecified atom stereocenters. The number of thiocarbonyl (C=S) groups is 1. The average Bonchev–Trinajstić information content (AvgIpc) is 2.45. The van der Waals surface area contributed by atoms with Crippen LogP contribution < -0.4 is 10.2 Å². The molecule has 0 saturated heterocycles.